The van der Waals surface area contributed by atoms with Crippen LogP contribution < -0.4 is 0 Å². The van der Waals surface area contributed by atoms with Gasteiger partial charge in [0.1, 0.15) is 0 Å². The molecule has 0 unspecified atom stereocenters. The van der Waals surface area contributed by atoms with E-state index < -0.39 is 0 Å². The van der Waals surface area contributed by atoms with Crippen LogP contribution in [0.2, 0.25) is 0 Å². The molecule has 2 aromatic heterocycles. The van der Waals surface area contributed by atoms with Crippen molar-refractivity contribution in [1.29, 1.82) is 0 Å². The van der Waals surface area contributed by atoms with Crippen LogP contribution in [-0.4, -0.2) is 14.8 Å². The lowest BCUT2D eigenvalue weighted by Crippen LogP contribution is -2.00. The Morgan fingerprint density at radius 1 is 0.375 bits per heavy atom. The third-order valence-electron chi connectivity index (χ3n) is 14.7. The molecule has 0 aliphatic carbocycles. The number of hydrogen-bond donors (Lipinski definition) is 0. The minimum absolute atomic E-state index is 0.604. The summed E-state index contributed by atoms with van der Waals surface area (Å²) in [7, 11) is 0. The Bertz CT molecular complexity index is 4500. The lowest BCUT2D eigenvalue weighted by Gasteiger charge is -2.19. The van der Waals surface area contributed by atoms with E-state index in [2.05, 4.69) is 264 Å². The Hall–Kier alpha value is -9.53. The van der Waals surface area contributed by atoms with Crippen molar-refractivity contribution < 1.29 is 0 Å². The Morgan fingerprint density at radius 3 is 1.50 bits per heavy atom. The molecule has 0 fully saturated rings. The highest BCUT2D eigenvalue weighted by Crippen LogP contribution is 2.45. The van der Waals surface area contributed by atoms with Crippen LogP contribution in [0, 0.1) is 0 Å². The van der Waals surface area contributed by atoms with Gasteiger partial charge >= 0.3 is 0 Å². The van der Waals surface area contributed by atoms with E-state index in [1.807, 2.05) is 0 Å². The Morgan fingerprint density at radius 2 is 0.861 bits per heavy atom. The summed E-state index contributed by atoms with van der Waals surface area (Å²) >= 11 is 0. The number of aromatic nitrogens is 2. The molecule has 336 valence electrons. The quantitative estimate of drug-likeness (QED) is 0.117. The molecule has 1 aliphatic rings. The predicted molar refractivity (Wildman–Crippen MR) is 306 cm³/mol. The van der Waals surface area contributed by atoms with E-state index in [1.54, 1.807) is 0 Å². The topological polar surface area (TPSA) is 22.2 Å². The van der Waals surface area contributed by atoms with Gasteiger partial charge in [0.15, 0.2) is 0 Å². The monoisotopic (exact) mass is 915 g/mol. The summed E-state index contributed by atoms with van der Waals surface area (Å²) in [4.78, 5) is 5.37. The molecule has 72 heavy (non-hydrogen) atoms. The van der Waals surface area contributed by atoms with Crippen molar-refractivity contribution in [1.82, 2.24) is 9.13 Å². The summed E-state index contributed by atoms with van der Waals surface area (Å²) in [6.45, 7) is 4.81. The molecule has 0 spiro atoms. The second-order valence-corrected chi connectivity index (χ2v) is 18.8. The lowest BCUT2D eigenvalue weighted by molar-refractivity contribution is 1.18. The van der Waals surface area contributed by atoms with Crippen LogP contribution in [-0.2, 0) is 0 Å². The van der Waals surface area contributed by atoms with Crippen LogP contribution in [0.5, 0.6) is 0 Å². The van der Waals surface area contributed by atoms with Crippen molar-refractivity contribution in [3.8, 4) is 22.5 Å². The highest BCUT2D eigenvalue weighted by molar-refractivity contribution is 6.28. The highest BCUT2D eigenvalue weighted by Gasteiger charge is 2.22. The normalized spacial score (nSPS) is 13.9. The number of hydrogen-bond acceptors (Lipinski definition) is 1. The molecular weight excluding hydrogens is 871 g/mol. The standard InChI is InChI=1S/C69H45N3/c1-45-40-63(47-22-7-3-8-23-47)70-62(46-20-5-2-6-21-46)33-19-32-52(45)50-41-61-55-28-12-11-26-53(55)54-27-13-14-31-60(54)69(61)68(44-50)72-65-35-18-16-30-57(65)59-39-37-49(43-67(59)72)48-36-38-58-56-29-15-17-34-64(56)71(66(58)42-48)51-24-9-4-10-25-51/h2-31,34-44H,1,33H2/b63-40-,70-62?. The molecule has 0 amide bonds. The highest BCUT2D eigenvalue weighted by atomic mass is 15.0. The summed E-state index contributed by atoms with van der Waals surface area (Å²) in [5.74, 6) is 0. The van der Waals surface area contributed by atoms with Gasteiger partial charge in [0, 0.05) is 50.2 Å². The molecule has 13 aromatic rings. The maximum atomic E-state index is 5.37. The van der Waals surface area contributed by atoms with Gasteiger partial charge in [0.2, 0.25) is 0 Å². The van der Waals surface area contributed by atoms with Crippen LogP contribution in [0.4, 0.5) is 0 Å². The van der Waals surface area contributed by atoms with Gasteiger partial charge in [-0.15, -0.1) is 5.73 Å². The van der Waals surface area contributed by atoms with Crippen LogP contribution in [0.15, 0.2) is 272 Å². The first-order chi connectivity index (χ1) is 35.6. The minimum Gasteiger partial charge on any atom is -0.309 e. The van der Waals surface area contributed by atoms with E-state index in [4.69, 9.17) is 11.6 Å². The second kappa shape index (κ2) is 16.9. The lowest BCUT2D eigenvalue weighted by atomic mass is 9.89. The third kappa shape index (κ3) is 6.71. The van der Waals surface area contributed by atoms with E-state index in [1.165, 1.54) is 64.9 Å². The molecule has 3 nitrogen and oxygen atoms in total. The zero-order chi connectivity index (χ0) is 47.7. The van der Waals surface area contributed by atoms with Crippen molar-refractivity contribution in [3.63, 3.8) is 0 Å². The van der Waals surface area contributed by atoms with Crippen molar-refractivity contribution in [2.75, 3.05) is 0 Å². The number of allylic oxidation sites excluding steroid dienone is 3. The molecule has 3 heteroatoms. The number of rotatable bonds is 6. The van der Waals surface area contributed by atoms with Gasteiger partial charge in [-0.25, -0.2) is 0 Å². The minimum atomic E-state index is 0.604. The predicted octanol–water partition coefficient (Wildman–Crippen LogP) is 18.0. The Labute approximate surface area is 417 Å². The number of para-hydroxylation sites is 3. The number of fused-ring (bicyclic) bond motifs is 12. The summed E-state index contributed by atoms with van der Waals surface area (Å²) in [6.07, 6.45) is 4.88. The average Bonchev–Trinajstić information content (AvgIpc) is 3.98. The largest absolute Gasteiger partial charge is 0.309 e. The van der Waals surface area contributed by atoms with Crippen molar-refractivity contribution in [2.24, 2.45) is 4.99 Å². The third-order valence-corrected chi connectivity index (χ3v) is 14.7. The van der Waals surface area contributed by atoms with Crippen LogP contribution in [0.25, 0.3) is 110 Å². The molecule has 0 bridgehead atoms. The molecule has 3 heterocycles. The SMILES string of the molecule is C=C1/C=C(/c2ccccc2)N=C(c2ccccc2)CC=C=C1c1cc(-n2c3ccccc3c3ccc(-c4ccc5c6ccccc6n(-c6ccccc6)c5c4)cc32)c2c3ccccc3c3ccccc3c2c1. The van der Waals surface area contributed by atoms with Gasteiger partial charge in [-0.2, -0.15) is 0 Å². The van der Waals surface area contributed by atoms with E-state index in [9.17, 15) is 0 Å². The fourth-order valence-corrected chi connectivity index (χ4v) is 11.4. The molecule has 0 saturated carbocycles. The van der Waals surface area contributed by atoms with Gasteiger partial charge in [0.25, 0.3) is 0 Å². The van der Waals surface area contributed by atoms with E-state index >= 15 is 0 Å². The number of benzene rings is 11. The molecule has 1 aliphatic heterocycles. The molecule has 14 rings (SSSR count). The first kappa shape index (κ1) is 41.4. The molecule has 0 N–H and O–H groups in total. The average molecular weight is 916 g/mol. The van der Waals surface area contributed by atoms with E-state index in [0.717, 1.165) is 72.8 Å². The summed E-state index contributed by atoms with van der Waals surface area (Å²) in [5.41, 5.74) is 19.8. The first-order valence-electron chi connectivity index (χ1n) is 24.7. The summed E-state index contributed by atoms with van der Waals surface area (Å²) in [6, 6.07) is 85.8. The maximum Gasteiger partial charge on any atom is 0.0711 e. The molecule has 11 aromatic carbocycles. The maximum absolute atomic E-state index is 5.37. The number of nitrogens with zero attached hydrogens (tertiary/aromatic N) is 3. The van der Waals surface area contributed by atoms with Crippen molar-refractivity contribution >= 4 is 92.9 Å². The van der Waals surface area contributed by atoms with Crippen LogP contribution >= 0.6 is 0 Å². The smallest absolute Gasteiger partial charge is 0.0711 e. The van der Waals surface area contributed by atoms with Crippen molar-refractivity contribution in [3.05, 3.63) is 283 Å². The van der Waals surface area contributed by atoms with Gasteiger partial charge in [0.05, 0.1) is 39.2 Å². The second-order valence-electron chi connectivity index (χ2n) is 18.8. The molecule has 0 radical (unpaired) electrons. The van der Waals surface area contributed by atoms with E-state index in [-0.39, 0.29) is 0 Å². The number of aliphatic imine (C=N–C) groups is 1. The van der Waals surface area contributed by atoms with Crippen LogP contribution in [0.3, 0.4) is 0 Å². The van der Waals surface area contributed by atoms with Crippen LogP contribution in [0.1, 0.15) is 23.1 Å². The summed E-state index contributed by atoms with van der Waals surface area (Å²) in [5, 5.41) is 12.1. The molecule has 0 saturated heterocycles. The fraction of sp³-hybridized carbons (Fsp3) is 0.0145. The molecule has 0 atom stereocenters. The fourth-order valence-electron chi connectivity index (χ4n) is 11.4. The van der Waals surface area contributed by atoms with E-state index in [0.29, 0.717) is 6.42 Å². The molecular formula is C69H45N3. The van der Waals surface area contributed by atoms with Gasteiger partial charge in [-0.05, 0) is 115 Å². The zero-order valence-electron chi connectivity index (χ0n) is 39.4. The van der Waals surface area contributed by atoms with Gasteiger partial charge < -0.3 is 9.13 Å². The van der Waals surface area contributed by atoms with Crippen molar-refractivity contribution in [2.45, 2.75) is 6.42 Å². The Balaban J connectivity index is 1.05. The van der Waals surface area contributed by atoms with Gasteiger partial charge in [-0.3, -0.25) is 4.99 Å². The summed E-state index contributed by atoms with van der Waals surface area (Å²) < 4.78 is 4.92. The Kier molecular flexibility index (Phi) is 9.70. The zero-order valence-corrected chi connectivity index (χ0v) is 39.4. The first-order valence-corrected chi connectivity index (χ1v) is 24.7. The van der Waals surface area contributed by atoms with Gasteiger partial charge in [-0.1, -0.05) is 195 Å².